The first-order valence-corrected chi connectivity index (χ1v) is 11.5. The molecule has 0 saturated carbocycles. The summed E-state index contributed by atoms with van der Waals surface area (Å²) >= 11 is 0. The number of rotatable bonds is 7. The van der Waals surface area contributed by atoms with E-state index < -0.39 is 11.5 Å². The van der Waals surface area contributed by atoms with Crippen LogP contribution in [-0.4, -0.2) is 28.8 Å². The fourth-order valence-electron chi connectivity index (χ4n) is 3.77. The van der Waals surface area contributed by atoms with Crippen molar-refractivity contribution >= 4 is 16.8 Å². The smallest absolute Gasteiger partial charge is 0.225 e. The van der Waals surface area contributed by atoms with E-state index in [4.69, 9.17) is 9.47 Å². The van der Waals surface area contributed by atoms with Gasteiger partial charge in [-0.25, -0.2) is 9.07 Å². The second kappa shape index (κ2) is 10.8. The van der Waals surface area contributed by atoms with Gasteiger partial charge in [0.15, 0.2) is 0 Å². The Morgan fingerprint density at radius 2 is 1.64 bits per heavy atom. The Bertz CT molecular complexity index is 1310. The minimum atomic E-state index is -0.521. The number of hydrogen-bond acceptors (Lipinski definition) is 4. The lowest BCUT2D eigenvalue weighted by Crippen LogP contribution is -2.44. The number of hydrogen-bond donors (Lipinski definition) is 1. The summed E-state index contributed by atoms with van der Waals surface area (Å²) in [5.74, 6) is 1.05. The van der Waals surface area contributed by atoms with Gasteiger partial charge in [0, 0.05) is 10.8 Å². The average molecular weight is 492 g/mol. The van der Waals surface area contributed by atoms with Crippen molar-refractivity contribution < 1.29 is 18.7 Å². The number of benzene rings is 3. The van der Waals surface area contributed by atoms with Gasteiger partial charge in [-0.2, -0.15) is 5.10 Å². The normalized spacial score (nSPS) is 12.9. The van der Waals surface area contributed by atoms with Crippen LogP contribution in [0.3, 0.4) is 0 Å². The zero-order valence-electron chi connectivity index (χ0n) is 20.6. The van der Waals surface area contributed by atoms with Crippen LogP contribution >= 0.6 is 0 Å². The molecule has 1 amide bonds. The first-order valence-electron chi connectivity index (χ1n) is 11.5. The minimum absolute atomic E-state index is 0. The van der Waals surface area contributed by atoms with E-state index in [1.54, 1.807) is 30.1 Å². The number of ether oxygens (including phenoxy) is 2. The molecule has 1 aromatic heterocycles. The lowest BCUT2D eigenvalue weighted by atomic mass is 9.94. The summed E-state index contributed by atoms with van der Waals surface area (Å²) in [5.41, 5.74) is 2.03. The van der Waals surface area contributed by atoms with Gasteiger partial charge in [0.25, 0.3) is 0 Å². The molecule has 4 rings (SSSR count). The molecule has 7 heteroatoms. The van der Waals surface area contributed by atoms with Crippen molar-refractivity contribution in [2.24, 2.45) is 5.41 Å². The van der Waals surface area contributed by atoms with Crippen molar-refractivity contribution in [3.05, 3.63) is 84.3 Å². The fraction of sp³-hybridized carbons (Fsp3) is 0.310. The Hall–Kier alpha value is -3.87. The molecular weight excluding hydrogens is 457 g/mol. The molecule has 0 saturated heterocycles. The zero-order valence-corrected chi connectivity index (χ0v) is 20.6. The van der Waals surface area contributed by atoms with Gasteiger partial charge < -0.3 is 14.8 Å². The Balaban J connectivity index is 0.00000361. The maximum absolute atomic E-state index is 13.3. The molecule has 2 atom stereocenters. The van der Waals surface area contributed by atoms with Crippen LogP contribution < -0.4 is 14.8 Å². The van der Waals surface area contributed by atoms with Gasteiger partial charge in [0.05, 0.1) is 30.6 Å². The summed E-state index contributed by atoms with van der Waals surface area (Å²) < 4.78 is 26.8. The van der Waals surface area contributed by atoms with Gasteiger partial charge in [0.1, 0.15) is 23.4 Å². The summed E-state index contributed by atoms with van der Waals surface area (Å²) in [5, 5.41) is 8.44. The standard InChI is InChI=1S/C28H30FN3O3.CH4/c1-18(31-27(33)28(2,3)4)26(19-6-12-23(34-5)13-7-19)35-24-14-15-25-20(16-24)17-30-32(25)22-10-8-21(29)9-11-22;/h6-18,26H,1-5H3,(H,31,33);1H4/t18-,26-;/m0./s1. The predicted molar refractivity (Wildman–Crippen MR) is 141 cm³/mol. The van der Waals surface area contributed by atoms with E-state index in [-0.39, 0.29) is 25.2 Å². The molecule has 0 radical (unpaired) electrons. The number of amides is 1. The average Bonchev–Trinajstić information content (AvgIpc) is 3.25. The van der Waals surface area contributed by atoms with Gasteiger partial charge in [0.2, 0.25) is 5.91 Å². The fourth-order valence-corrected chi connectivity index (χ4v) is 3.77. The van der Waals surface area contributed by atoms with Crippen molar-refractivity contribution in [3.63, 3.8) is 0 Å². The first kappa shape index (κ1) is 26.7. The van der Waals surface area contributed by atoms with Crippen molar-refractivity contribution in [2.45, 2.75) is 47.3 Å². The van der Waals surface area contributed by atoms with Crippen molar-refractivity contribution in [1.82, 2.24) is 15.1 Å². The van der Waals surface area contributed by atoms with Crippen LogP contribution in [-0.2, 0) is 4.79 Å². The summed E-state index contributed by atoms with van der Waals surface area (Å²) in [6.07, 6.45) is 1.32. The lowest BCUT2D eigenvalue weighted by Gasteiger charge is -2.29. The zero-order chi connectivity index (χ0) is 25.2. The molecule has 0 aliphatic carbocycles. The number of methoxy groups -OCH3 is 1. The molecule has 3 aromatic carbocycles. The Labute approximate surface area is 212 Å². The third-order valence-corrected chi connectivity index (χ3v) is 5.81. The van der Waals surface area contributed by atoms with Gasteiger partial charge in [-0.05, 0) is 67.1 Å². The largest absolute Gasteiger partial charge is 0.497 e. The van der Waals surface area contributed by atoms with Gasteiger partial charge in [-0.1, -0.05) is 40.3 Å². The number of halogens is 1. The van der Waals surface area contributed by atoms with Crippen molar-refractivity contribution in [3.8, 4) is 17.2 Å². The van der Waals surface area contributed by atoms with Crippen LogP contribution in [0.15, 0.2) is 72.9 Å². The summed E-state index contributed by atoms with van der Waals surface area (Å²) in [6.45, 7) is 7.57. The van der Waals surface area contributed by atoms with Crippen LogP contribution in [0, 0.1) is 11.2 Å². The highest BCUT2D eigenvalue weighted by Crippen LogP contribution is 2.30. The molecule has 190 valence electrons. The van der Waals surface area contributed by atoms with Crippen LogP contribution in [0.5, 0.6) is 11.5 Å². The van der Waals surface area contributed by atoms with E-state index in [9.17, 15) is 9.18 Å². The second-order valence-corrected chi connectivity index (χ2v) is 9.58. The number of carbonyl (C=O) groups excluding carboxylic acids is 1. The number of nitrogens with one attached hydrogen (secondary N) is 1. The van der Waals surface area contributed by atoms with E-state index >= 15 is 0 Å². The van der Waals surface area contributed by atoms with E-state index in [0.717, 1.165) is 27.9 Å². The topological polar surface area (TPSA) is 65.4 Å². The van der Waals surface area contributed by atoms with E-state index in [1.807, 2.05) is 70.2 Å². The maximum atomic E-state index is 13.3. The number of fused-ring (bicyclic) bond motifs is 1. The van der Waals surface area contributed by atoms with Gasteiger partial charge in [-0.3, -0.25) is 4.79 Å². The SMILES string of the molecule is C.COc1ccc([C@@H](Oc2ccc3c(cnn3-c3ccc(F)cc3)c2)[C@H](C)NC(=O)C(C)(C)C)cc1. The van der Waals surface area contributed by atoms with E-state index in [0.29, 0.717) is 5.75 Å². The molecule has 0 unspecified atom stereocenters. The quantitative estimate of drug-likeness (QED) is 0.321. The molecule has 4 aromatic rings. The Kier molecular flexibility index (Phi) is 8.03. The van der Waals surface area contributed by atoms with Crippen LogP contribution in [0.1, 0.15) is 46.8 Å². The molecule has 0 aliphatic rings. The molecule has 0 aliphatic heterocycles. The third kappa shape index (κ3) is 5.85. The van der Waals surface area contributed by atoms with Crippen molar-refractivity contribution in [2.75, 3.05) is 7.11 Å². The minimum Gasteiger partial charge on any atom is -0.497 e. The number of carbonyl (C=O) groups is 1. The highest BCUT2D eigenvalue weighted by molar-refractivity contribution is 5.82. The molecule has 6 nitrogen and oxygen atoms in total. The number of aromatic nitrogens is 2. The molecule has 36 heavy (non-hydrogen) atoms. The van der Waals surface area contributed by atoms with E-state index in [2.05, 4.69) is 10.4 Å². The maximum Gasteiger partial charge on any atom is 0.225 e. The first-order chi connectivity index (χ1) is 16.7. The second-order valence-electron chi connectivity index (χ2n) is 9.58. The Morgan fingerprint density at radius 3 is 2.25 bits per heavy atom. The summed E-state index contributed by atoms with van der Waals surface area (Å²) in [4.78, 5) is 12.7. The molecule has 0 bridgehead atoms. The number of nitrogens with zero attached hydrogens (tertiary/aromatic N) is 2. The third-order valence-electron chi connectivity index (χ3n) is 5.81. The van der Waals surface area contributed by atoms with Crippen LogP contribution in [0.25, 0.3) is 16.6 Å². The van der Waals surface area contributed by atoms with Crippen molar-refractivity contribution in [1.29, 1.82) is 0 Å². The molecule has 1 N–H and O–H groups in total. The molecule has 0 spiro atoms. The molecule has 0 fully saturated rings. The monoisotopic (exact) mass is 491 g/mol. The van der Waals surface area contributed by atoms with Gasteiger partial charge >= 0.3 is 0 Å². The highest BCUT2D eigenvalue weighted by atomic mass is 19.1. The highest BCUT2D eigenvalue weighted by Gasteiger charge is 2.28. The summed E-state index contributed by atoms with van der Waals surface area (Å²) in [6, 6.07) is 19.2. The van der Waals surface area contributed by atoms with E-state index in [1.165, 1.54) is 12.1 Å². The predicted octanol–water partition coefficient (Wildman–Crippen LogP) is 6.48. The molecule has 1 heterocycles. The van der Waals surface area contributed by atoms with Gasteiger partial charge in [-0.15, -0.1) is 0 Å². The Morgan fingerprint density at radius 1 is 1.00 bits per heavy atom. The molecular formula is C29H34FN3O3. The lowest BCUT2D eigenvalue weighted by molar-refractivity contribution is -0.129. The van der Waals surface area contributed by atoms with Crippen LogP contribution in [0.2, 0.25) is 0 Å². The van der Waals surface area contributed by atoms with Crippen LogP contribution in [0.4, 0.5) is 4.39 Å². The summed E-state index contributed by atoms with van der Waals surface area (Å²) in [7, 11) is 1.62.